The zero-order valence-electron chi connectivity index (χ0n) is 15.4. The quantitative estimate of drug-likeness (QED) is 0.730. The minimum Gasteiger partial charge on any atom is -0.299 e. The second kappa shape index (κ2) is 11.3. The summed E-state index contributed by atoms with van der Waals surface area (Å²) in [6, 6.07) is 11.1. The van der Waals surface area contributed by atoms with Gasteiger partial charge in [0.15, 0.2) is 0 Å². The zero-order valence-corrected chi connectivity index (χ0v) is 15.4. The van der Waals surface area contributed by atoms with Crippen molar-refractivity contribution in [3.63, 3.8) is 0 Å². The fourth-order valence-corrected chi connectivity index (χ4v) is 2.69. The molecule has 0 spiro atoms. The molecule has 1 heterocycles. The summed E-state index contributed by atoms with van der Waals surface area (Å²) in [6.07, 6.45) is 2.99. The van der Waals surface area contributed by atoms with Gasteiger partial charge in [0.2, 0.25) is 0 Å². The molecule has 2 rings (SSSR count). The highest BCUT2D eigenvalue weighted by Crippen LogP contribution is 2.34. The molecule has 1 aromatic rings. The monoisotopic (exact) mass is 302 g/mol. The Morgan fingerprint density at radius 3 is 2.23 bits per heavy atom. The Bertz CT molecular complexity index is 437. The standard InChI is InChI=1S/C16H22N2.2C2H6/c1-14-4-3-5-15(12-14)13-18-10-7-16(2,6-9-17)8-11-18;2*1-2/h3-5,12H,6-8,10-11,13H2,1-2H3;2*1-2H3. The molecule has 1 aliphatic rings. The van der Waals surface area contributed by atoms with E-state index >= 15 is 0 Å². The molecule has 2 nitrogen and oxygen atoms in total. The third-order valence-electron chi connectivity index (χ3n) is 4.06. The highest BCUT2D eigenvalue weighted by molar-refractivity contribution is 5.22. The molecule has 0 N–H and O–H groups in total. The Morgan fingerprint density at radius 2 is 1.73 bits per heavy atom. The minimum atomic E-state index is 0.248. The molecule has 0 radical (unpaired) electrons. The van der Waals surface area contributed by atoms with E-state index in [1.54, 1.807) is 0 Å². The van der Waals surface area contributed by atoms with E-state index in [-0.39, 0.29) is 5.41 Å². The van der Waals surface area contributed by atoms with Crippen LogP contribution in [0, 0.1) is 23.7 Å². The molecule has 0 atom stereocenters. The smallest absolute Gasteiger partial charge is 0.0627 e. The third kappa shape index (κ3) is 7.09. The first kappa shape index (κ1) is 20.7. The van der Waals surface area contributed by atoms with Crippen LogP contribution >= 0.6 is 0 Å². The van der Waals surface area contributed by atoms with E-state index in [1.807, 2.05) is 27.7 Å². The van der Waals surface area contributed by atoms with E-state index in [9.17, 15) is 0 Å². The molecular formula is C20H34N2. The van der Waals surface area contributed by atoms with E-state index < -0.39 is 0 Å². The molecule has 22 heavy (non-hydrogen) atoms. The van der Waals surface area contributed by atoms with Crippen molar-refractivity contribution in [2.24, 2.45) is 5.41 Å². The van der Waals surface area contributed by atoms with E-state index in [1.165, 1.54) is 11.1 Å². The van der Waals surface area contributed by atoms with Crippen LogP contribution in [0.2, 0.25) is 0 Å². The van der Waals surface area contributed by atoms with Gasteiger partial charge in [-0.05, 0) is 43.8 Å². The maximum absolute atomic E-state index is 8.85. The fraction of sp³-hybridized carbons (Fsp3) is 0.650. The summed E-state index contributed by atoms with van der Waals surface area (Å²) in [6.45, 7) is 15.7. The van der Waals surface area contributed by atoms with E-state index in [2.05, 4.69) is 49.1 Å². The van der Waals surface area contributed by atoms with Crippen molar-refractivity contribution in [2.75, 3.05) is 13.1 Å². The second-order valence-corrected chi connectivity index (χ2v) is 5.91. The zero-order chi connectivity index (χ0) is 17.0. The average molecular weight is 303 g/mol. The Hall–Kier alpha value is -1.33. The lowest BCUT2D eigenvalue weighted by Gasteiger charge is -2.38. The van der Waals surface area contributed by atoms with Gasteiger partial charge in [0.05, 0.1) is 6.07 Å². The largest absolute Gasteiger partial charge is 0.299 e. The minimum absolute atomic E-state index is 0.248. The number of piperidine rings is 1. The topological polar surface area (TPSA) is 27.0 Å². The number of aryl methyl sites for hydroxylation is 1. The highest BCUT2D eigenvalue weighted by atomic mass is 15.1. The van der Waals surface area contributed by atoms with Gasteiger partial charge < -0.3 is 0 Å². The first-order valence-electron chi connectivity index (χ1n) is 8.76. The highest BCUT2D eigenvalue weighted by Gasteiger charge is 2.29. The Morgan fingerprint density at radius 1 is 1.14 bits per heavy atom. The molecule has 1 aliphatic heterocycles. The number of likely N-dealkylation sites (tertiary alicyclic amines) is 1. The van der Waals surface area contributed by atoms with Gasteiger partial charge in [-0.2, -0.15) is 5.26 Å². The molecule has 2 heteroatoms. The number of hydrogen-bond acceptors (Lipinski definition) is 2. The van der Waals surface area contributed by atoms with Crippen LogP contribution in [0.15, 0.2) is 24.3 Å². The molecule has 1 fully saturated rings. The second-order valence-electron chi connectivity index (χ2n) is 5.91. The van der Waals surface area contributed by atoms with Crippen LogP contribution in [0.25, 0.3) is 0 Å². The van der Waals surface area contributed by atoms with Gasteiger partial charge in [-0.3, -0.25) is 4.90 Å². The first-order valence-corrected chi connectivity index (χ1v) is 8.76. The van der Waals surface area contributed by atoms with Gasteiger partial charge in [-0.1, -0.05) is 64.4 Å². The number of benzene rings is 1. The van der Waals surface area contributed by atoms with Crippen molar-refractivity contribution in [1.82, 2.24) is 4.90 Å². The Balaban J connectivity index is 0.00000102. The van der Waals surface area contributed by atoms with Crippen molar-refractivity contribution >= 4 is 0 Å². The predicted molar refractivity (Wildman–Crippen MR) is 96.7 cm³/mol. The van der Waals surface area contributed by atoms with E-state index in [4.69, 9.17) is 5.26 Å². The molecule has 0 aromatic heterocycles. The molecule has 1 saturated heterocycles. The molecule has 124 valence electrons. The van der Waals surface area contributed by atoms with Crippen LogP contribution in [0.1, 0.15) is 65.0 Å². The number of nitrogens with zero attached hydrogens (tertiary/aromatic N) is 2. The van der Waals surface area contributed by atoms with E-state index in [0.717, 1.165) is 32.5 Å². The Kier molecular flexibility index (Phi) is 10.6. The lowest BCUT2D eigenvalue weighted by atomic mass is 9.78. The normalized spacial score (nSPS) is 16.4. The number of rotatable bonds is 3. The van der Waals surface area contributed by atoms with Gasteiger partial charge in [0, 0.05) is 13.0 Å². The molecule has 0 amide bonds. The summed E-state index contributed by atoms with van der Waals surface area (Å²) < 4.78 is 0. The van der Waals surface area contributed by atoms with Gasteiger partial charge >= 0.3 is 0 Å². The molecule has 0 unspecified atom stereocenters. The summed E-state index contributed by atoms with van der Waals surface area (Å²) in [5, 5.41) is 8.85. The lowest BCUT2D eigenvalue weighted by molar-refractivity contribution is 0.116. The maximum Gasteiger partial charge on any atom is 0.0627 e. The third-order valence-corrected chi connectivity index (χ3v) is 4.06. The van der Waals surface area contributed by atoms with Crippen molar-refractivity contribution in [3.05, 3.63) is 35.4 Å². The Labute approximate surface area is 138 Å². The number of nitriles is 1. The van der Waals surface area contributed by atoms with Crippen LogP contribution in [-0.2, 0) is 6.54 Å². The molecule has 0 saturated carbocycles. The van der Waals surface area contributed by atoms with Crippen molar-refractivity contribution in [3.8, 4) is 6.07 Å². The maximum atomic E-state index is 8.85. The van der Waals surface area contributed by atoms with Crippen molar-refractivity contribution in [1.29, 1.82) is 5.26 Å². The van der Waals surface area contributed by atoms with Crippen LogP contribution in [0.4, 0.5) is 0 Å². The van der Waals surface area contributed by atoms with Gasteiger partial charge in [-0.15, -0.1) is 0 Å². The van der Waals surface area contributed by atoms with Crippen LogP contribution in [0.5, 0.6) is 0 Å². The van der Waals surface area contributed by atoms with Gasteiger partial charge in [-0.25, -0.2) is 0 Å². The summed E-state index contributed by atoms with van der Waals surface area (Å²) in [5.41, 5.74) is 2.98. The van der Waals surface area contributed by atoms with Crippen LogP contribution in [-0.4, -0.2) is 18.0 Å². The summed E-state index contributed by atoms with van der Waals surface area (Å²) in [4.78, 5) is 2.51. The molecule has 0 bridgehead atoms. The lowest BCUT2D eigenvalue weighted by Crippen LogP contribution is -2.38. The van der Waals surface area contributed by atoms with E-state index in [0.29, 0.717) is 6.42 Å². The fourth-order valence-electron chi connectivity index (χ4n) is 2.69. The summed E-state index contributed by atoms with van der Waals surface area (Å²) in [5.74, 6) is 0. The van der Waals surface area contributed by atoms with Gasteiger partial charge in [0.25, 0.3) is 0 Å². The van der Waals surface area contributed by atoms with Gasteiger partial charge in [0.1, 0.15) is 0 Å². The number of hydrogen-bond donors (Lipinski definition) is 0. The summed E-state index contributed by atoms with van der Waals surface area (Å²) >= 11 is 0. The van der Waals surface area contributed by atoms with Crippen LogP contribution in [0.3, 0.4) is 0 Å². The SMILES string of the molecule is CC.CC.Cc1cccc(CN2CCC(C)(CC#N)CC2)c1. The van der Waals surface area contributed by atoms with Crippen molar-refractivity contribution < 1.29 is 0 Å². The summed E-state index contributed by atoms with van der Waals surface area (Å²) in [7, 11) is 0. The first-order chi connectivity index (χ1) is 10.6. The average Bonchev–Trinajstić information content (AvgIpc) is 2.54. The molecular weight excluding hydrogens is 268 g/mol. The van der Waals surface area contributed by atoms with Crippen LogP contribution < -0.4 is 0 Å². The molecule has 1 aromatic carbocycles. The van der Waals surface area contributed by atoms with Crippen molar-refractivity contribution in [2.45, 2.75) is 67.3 Å². The molecule has 0 aliphatic carbocycles. The predicted octanol–water partition coefficient (Wildman–Crippen LogP) is 5.56.